The SMILES string of the molecule is CC(C)(C)C(CC(=O)O)NS(=O)(=O)N1CCOCC1. The average molecular weight is 294 g/mol. The lowest BCUT2D eigenvalue weighted by Crippen LogP contribution is -2.53. The van der Waals surface area contributed by atoms with Gasteiger partial charge in [-0.1, -0.05) is 20.8 Å². The first-order valence-corrected chi connectivity index (χ1v) is 7.64. The lowest BCUT2D eigenvalue weighted by atomic mass is 9.85. The number of hydrogen-bond acceptors (Lipinski definition) is 4. The van der Waals surface area contributed by atoms with Gasteiger partial charge in [-0.25, -0.2) is 0 Å². The number of carboxylic acid groups (broad SMARTS) is 1. The van der Waals surface area contributed by atoms with Gasteiger partial charge in [-0.05, 0) is 5.41 Å². The Labute approximate surface area is 114 Å². The summed E-state index contributed by atoms with van der Waals surface area (Å²) in [4.78, 5) is 10.9. The Kier molecular flexibility index (Phi) is 5.31. The maximum atomic E-state index is 12.2. The van der Waals surface area contributed by atoms with Crippen molar-refractivity contribution in [2.75, 3.05) is 26.3 Å². The van der Waals surface area contributed by atoms with Gasteiger partial charge < -0.3 is 9.84 Å². The van der Waals surface area contributed by atoms with E-state index in [1.54, 1.807) is 0 Å². The highest BCUT2D eigenvalue weighted by atomic mass is 32.2. The predicted octanol–water partition coefficient (Wildman–Crippen LogP) is 0.0424. The number of morpholine rings is 1. The van der Waals surface area contributed by atoms with Crippen LogP contribution >= 0.6 is 0 Å². The standard InChI is InChI=1S/C11H22N2O5S/c1-11(2,3)9(8-10(14)15)12-19(16,17)13-4-6-18-7-5-13/h9,12H,4-8H2,1-3H3,(H,14,15). The minimum atomic E-state index is -3.67. The van der Waals surface area contributed by atoms with Crippen LogP contribution in [0.25, 0.3) is 0 Å². The molecule has 1 saturated heterocycles. The summed E-state index contributed by atoms with van der Waals surface area (Å²) in [6, 6.07) is -0.655. The van der Waals surface area contributed by atoms with E-state index in [0.29, 0.717) is 26.3 Å². The molecular weight excluding hydrogens is 272 g/mol. The zero-order valence-electron chi connectivity index (χ0n) is 11.5. The number of hydrogen-bond donors (Lipinski definition) is 2. The fourth-order valence-electron chi connectivity index (χ4n) is 1.74. The molecule has 0 bridgehead atoms. The van der Waals surface area contributed by atoms with Crippen LogP contribution in [-0.2, 0) is 19.7 Å². The van der Waals surface area contributed by atoms with Crippen molar-refractivity contribution in [1.29, 1.82) is 0 Å². The van der Waals surface area contributed by atoms with Crippen molar-refractivity contribution in [2.45, 2.75) is 33.2 Å². The highest BCUT2D eigenvalue weighted by Gasteiger charge is 2.33. The molecule has 19 heavy (non-hydrogen) atoms. The van der Waals surface area contributed by atoms with Crippen molar-refractivity contribution < 1.29 is 23.1 Å². The summed E-state index contributed by atoms with van der Waals surface area (Å²) >= 11 is 0. The third kappa shape index (κ3) is 5.06. The van der Waals surface area contributed by atoms with Crippen molar-refractivity contribution in [2.24, 2.45) is 5.41 Å². The molecule has 0 aliphatic carbocycles. The quantitative estimate of drug-likeness (QED) is 0.746. The van der Waals surface area contributed by atoms with Crippen LogP contribution in [0.3, 0.4) is 0 Å². The molecule has 1 atom stereocenters. The molecule has 1 aliphatic heterocycles. The molecule has 1 unspecified atom stereocenters. The van der Waals surface area contributed by atoms with Crippen LogP contribution in [0.2, 0.25) is 0 Å². The first kappa shape index (κ1) is 16.4. The van der Waals surface area contributed by atoms with E-state index in [1.807, 2.05) is 20.8 Å². The van der Waals surface area contributed by atoms with Gasteiger partial charge in [-0.15, -0.1) is 0 Å². The monoisotopic (exact) mass is 294 g/mol. The molecule has 8 heteroatoms. The summed E-state index contributed by atoms with van der Waals surface area (Å²) in [6.07, 6.45) is -0.243. The van der Waals surface area contributed by atoms with Gasteiger partial charge in [0, 0.05) is 19.1 Å². The summed E-state index contributed by atoms with van der Waals surface area (Å²) < 4.78 is 33.3. The molecule has 1 fully saturated rings. The van der Waals surface area contributed by atoms with Gasteiger partial charge in [0.1, 0.15) is 0 Å². The zero-order valence-corrected chi connectivity index (χ0v) is 12.4. The Hall–Kier alpha value is -0.700. The predicted molar refractivity (Wildman–Crippen MR) is 69.9 cm³/mol. The number of nitrogens with one attached hydrogen (secondary N) is 1. The van der Waals surface area contributed by atoms with E-state index in [1.165, 1.54) is 4.31 Å². The smallest absolute Gasteiger partial charge is 0.304 e. The second kappa shape index (κ2) is 6.17. The fraction of sp³-hybridized carbons (Fsp3) is 0.909. The van der Waals surface area contributed by atoms with E-state index >= 15 is 0 Å². The van der Waals surface area contributed by atoms with Crippen LogP contribution in [0, 0.1) is 5.41 Å². The average Bonchev–Trinajstić information content (AvgIpc) is 2.27. The van der Waals surface area contributed by atoms with Gasteiger partial charge in [0.25, 0.3) is 10.2 Å². The van der Waals surface area contributed by atoms with Gasteiger partial charge in [-0.3, -0.25) is 4.79 Å². The topological polar surface area (TPSA) is 95.9 Å². The Morgan fingerprint density at radius 3 is 2.32 bits per heavy atom. The third-order valence-corrected chi connectivity index (χ3v) is 4.65. The number of rotatable bonds is 5. The summed E-state index contributed by atoms with van der Waals surface area (Å²) in [5.41, 5.74) is -0.474. The van der Waals surface area contributed by atoms with Crippen molar-refractivity contribution in [3.8, 4) is 0 Å². The minimum absolute atomic E-state index is 0.243. The van der Waals surface area contributed by atoms with Crippen LogP contribution in [0.15, 0.2) is 0 Å². The third-order valence-electron chi connectivity index (χ3n) is 3.03. The first-order valence-electron chi connectivity index (χ1n) is 6.20. The second-order valence-electron chi connectivity index (χ2n) is 5.65. The maximum absolute atomic E-state index is 12.2. The molecular formula is C11H22N2O5S. The molecule has 7 nitrogen and oxygen atoms in total. The molecule has 0 amide bonds. The minimum Gasteiger partial charge on any atom is -0.481 e. The molecule has 1 heterocycles. The van der Waals surface area contributed by atoms with Gasteiger partial charge in [0.2, 0.25) is 0 Å². The fourth-order valence-corrected chi connectivity index (χ4v) is 3.32. The van der Waals surface area contributed by atoms with Crippen LogP contribution in [0.5, 0.6) is 0 Å². The molecule has 112 valence electrons. The van der Waals surface area contributed by atoms with Crippen LogP contribution < -0.4 is 4.72 Å². The van der Waals surface area contributed by atoms with E-state index in [9.17, 15) is 13.2 Å². The lowest BCUT2D eigenvalue weighted by molar-refractivity contribution is -0.138. The van der Waals surface area contributed by atoms with E-state index in [0.717, 1.165) is 0 Å². The van der Waals surface area contributed by atoms with E-state index < -0.39 is 27.6 Å². The molecule has 0 spiro atoms. The van der Waals surface area contributed by atoms with Crippen molar-refractivity contribution >= 4 is 16.2 Å². The second-order valence-corrected chi connectivity index (χ2v) is 7.35. The summed E-state index contributed by atoms with van der Waals surface area (Å²) in [7, 11) is -3.67. The maximum Gasteiger partial charge on any atom is 0.304 e. The Morgan fingerprint density at radius 1 is 1.37 bits per heavy atom. The van der Waals surface area contributed by atoms with Crippen molar-refractivity contribution in [1.82, 2.24) is 9.03 Å². The molecule has 0 radical (unpaired) electrons. The Bertz CT molecular complexity index is 409. The molecule has 0 aromatic rings. The summed E-state index contributed by atoms with van der Waals surface area (Å²) in [6.45, 7) is 6.73. The van der Waals surface area contributed by atoms with E-state index in [-0.39, 0.29) is 6.42 Å². The Balaban J connectivity index is 2.79. The number of aliphatic carboxylic acids is 1. The molecule has 1 rings (SSSR count). The molecule has 0 aromatic heterocycles. The highest BCUT2D eigenvalue weighted by molar-refractivity contribution is 7.87. The van der Waals surface area contributed by atoms with Crippen molar-refractivity contribution in [3.63, 3.8) is 0 Å². The number of carbonyl (C=O) groups is 1. The molecule has 0 saturated carbocycles. The van der Waals surface area contributed by atoms with Crippen molar-refractivity contribution in [3.05, 3.63) is 0 Å². The molecule has 0 aromatic carbocycles. The number of carboxylic acids is 1. The first-order chi connectivity index (χ1) is 8.63. The molecule has 1 aliphatic rings. The largest absolute Gasteiger partial charge is 0.481 e. The summed E-state index contributed by atoms with van der Waals surface area (Å²) in [5.74, 6) is -1.02. The lowest BCUT2D eigenvalue weighted by Gasteiger charge is -2.33. The van der Waals surface area contributed by atoms with Crippen LogP contribution in [0.1, 0.15) is 27.2 Å². The van der Waals surface area contributed by atoms with Gasteiger partial charge in [-0.2, -0.15) is 17.4 Å². The van der Waals surface area contributed by atoms with Crippen LogP contribution in [-0.4, -0.2) is 56.1 Å². The van der Waals surface area contributed by atoms with Gasteiger partial charge >= 0.3 is 5.97 Å². The number of nitrogens with zero attached hydrogens (tertiary/aromatic N) is 1. The van der Waals surface area contributed by atoms with Gasteiger partial charge in [0.05, 0.1) is 19.6 Å². The normalized spacial score (nSPS) is 20.2. The highest BCUT2D eigenvalue weighted by Crippen LogP contribution is 2.23. The zero-order chi connectivity index (χ0) is 14.7. The summed E-state index contributed by atoms with van der Waals surface area (Å²) in [5, 5.41) is 8.89. The Morgan fingerprint density at radius 2 is 1.89 bits per heavy atom. The van der Waals surface area contributed by atoms with Crippen LogP contribution in [0.4, 0.5) is 0 Å². The van der Waals surface area contributed by atoms with Gasteiger partial charge in [0.15, 0.2) is 0 Å². The molecule has 2 N–H and O–H groups in total. The van der Waals surface area contributed by atoms with E-state index in [2.05, 4.69) is 4.72 Å². The van der Waals surface area contributed by atoms with E-state index in [4.69, 9.17) is 9.84 Å². The number of ether oxygens (including phenoxy) is 1.